The van der Waals surface area contributed by atoms with Gasteiger partial charge in [0, 0.05) is 36.5 Å². The summed E-state index contributed by atoms with van der Waals surface area (Å²) in [6.45, 7) is 3.40. The summed E-state index contributed by atoms with van der Waals surface area (Å²) < 4.78 is 0. The molecule has 14 heavy (non-hydrogen) atoms. The van der Waals surface area contributed by atoms with E-state index in [-0.39, 0.29) is 0 Å². The maximum absolute atomic E-state index is 3.17. The Morgan fingerprint density at radius 3 is 3.00 bits per heavy atom. The van der Waals surface area contributed by atoms with Gasteiger partial charge in [0.15, 0.2) is 0 Å². The molecule has 1 aliphatic rings. The van der Waals surface area contributed by atoms with Crippen LogP contribution in [-0.4, -0.2) is 25.9 Å². The lowest BCUT2D eigenvalue weighted by atomic mass is 10.2. The first-order chi connectivity index (χ1) is 6.70. The Morgan fingerprint density at radius 2 is 2.29 bits per heavy atom. The van der Waals surface area contributed by atoms with Crippen LogP contribution in [0.3, 0.4) is 0 Å². The zero-order chi connectivity index (χ0) is 10.1. The van der Waals surface area contributed by atoms with Crippen LogP contribution in [0.5, 0.6) is 0 Å². The lowest BCUT2D eigenvalue weighted by Crippen LogP contribution is -2.29. The van der Waals surface area contributed by atoms with Gasteiger partial charge in [0.05, 0.1) is 5.69 Å². The minimum Gasteiger partial charge on any atom is -0.388 e. The van der Waals surface area contributed by atoms with Gasteiger partial charge in [-0.1, -0.05) is 6.92 Å². The average molecular weight is 208 g/mol. The van der Waals surface area contributed by atoms with Crippen molar-refractivity contribution in [3.63, 3.8) is 0 Å². The lowest BCUT2D eigenvalue weighted by Gasteiger charge is -2.31. The minimum atomic E-state index is 0.688. The molecule has 1 aliphatic heterocycles. The van der Waals surface area contributed by atoms with Crippen molar-refractivity contribution < 1.29 is 0 Å². The maximum atomic E-state index is 3.17. The fourth-order valence-electron chi connectivity index (χ4n) is 1.81. The molecule has 1 aromatic rings. The van der Waals surface area contributed by atoms with Crippen molar-refractivity contribution in [2.75, 3.05) is 30.9 Å². The van der Waals surface area contributed by atoms with Crippen LogP contribution in [0.2, 0.25) is 0 Å². The zero-order valence-corrected chi connectivity index (χ0v) is 9.69. The van der Waals surface area contributed by atoms with Crippen LogP contribution >= 0.6 is 11.8 Å². The fraction of sp³-hybridized carbons (Fsp3) is 0.455. The molecule has 0 bridgehead atoms. The smallest absolute Gasteiger partial charge is 0.0523 e. The summed E-state index contributed by atoms with van der Waals surface area (Å²) in [4.78, 5) is 3.72. The van der Waals surface area contributed by atoms with Gasteiger partial charge in [0.25, 0.3) is 0 Å². The molecule has 2 rings (SSSR count). The van der Waals surface area contributed by atoms with E-state index in [0.29, 0.717) is 5.25 Å². The summed E-state index contributed by atoms with van der Waals surface area (Å²) in [5.41, 5.74) is 2.53. The third-order valence-electron chi connectivity index (χ3n) is 2.52. The number of nitrogens with one attached hydrogen (secondary N) is 1. The van der Waals surface area contributed by atoms with Gasteiger partial charge in [0.1, 0.15) is 0 Å². The van der Waals surface area contributed by atoms with E-state index >= 15 is 0 Å². The highest BCUT2D eigenvalue weighted by atomic mass is 32.2. The van der Waals surface area contributed by atoms with E-state index in [9.17, 15) is 0 Å². The van der Waals surface area contributed by atoms with Gasteiger partial charge in [-0.2, -0.15) is 0 Å². The third-order valence-corrected chi connectivity index (χ3v) is 3.67. The highest BCUT2D eigenvalue weighted by Gasteiger charge is 2.19. The Morgan fingerprint density at radius 1 is 1.50 bits per heavy atom. The van der Waals surface area contributed by atoms with E-state index in [4.69, 9.17) is 0 Å². The highest BCUT2D eigenvalue weighted by molar-refractivity contribution is 8.00. The topological polar surface area (TPSA) is 15.3 Å². The van der Waals surface area contributed by atoms with E-state index in [0.717, 1.165) is 6.54 Å². The van der Waals surface area contributed by atoms with Gasteiger partial charge in [-0.3, -0.25) is 0 Å². The number of anilines is 2. The summed E-state index contributed by atoms with van der Waals surface area (Å²) in [5.74, 6) is 0. The van der Waals surface area contributed by atoms with E-state index in [2.05, 4.69) is 42.4 Å². The second-order valence-electron chi connectivity index (χ2n) is 3.74. The summed E-state index contributed by atoms with van der Waals surface area (Å²) in [7, 11) is 4.12. The van der Waals surface area contributed by atoms with Crippen LogP contribution in [0.1, 0.15) is 6.92 Å². The Kier molecular flexibility index (Phi) is 2.59. The Bertz CT molecular complexity index is 338. The molecule has 0 fully saturated rings. The molecule has 2 nitrogen and oxygen atoms in total. The summed E-state index contributed by atoms with van der Waals surface area (Å²) in [5, 5.41) is 3.86. The molecule has 1 atom stereocenters. The number of rotatable bonds is 1. The molecule has 0 amide bonds. The molecule has 1 aromatic carbocycles. The van der Waals surface area contributed by atoms with Crippen LogP contribution in [0, 0.1) is 0 Å². The largest absolute Gasteiger partial charge is 0.388 e. The molecule has 0 saturated heterocycles. The van der Waals surface area contributed by atoms with E-state index in [1.165, 1.54) is 16.3 Å². The normalized spacial score (nSPS) is 20.5. The second kappa shape index (κ2) is 3.73. The van der Waals surface area contributed by atoms with Gasteiger partial charge >= 0.3 is 0 Å². The summed E-state index contributed by atoms with van der Waals surface area (Å²) >= 11 is 1.97. The van der Waals surface area contributed by atoms with Gasteiger partial charge in [-0.05, 0) is 18.2 Å². The van der Waals surface area contributed by atoms with Crippen molar-refractivity contribution in [1.82, 2.24) is 0 Å². The zero-order valence-electron chi connectivity index (χ0n) is 8.87. The summed E-state index contributed by atoms with van der Waals surface area (Å²) in [6, 6.07) is 6.56. The molecular weight excluding hydrogens is 192 g/mol. The summed E-state index contributed by atoms with van der Waals surface area (Å²) in [6.07, 6.45) is 0. The van der Waals surface area contributed by atoms with Crippen LogP contribution < -0.4 is 10.2 Å². The van der Waals surface area contributed by atoms with Gasteiger partial charge < -0.3 is 10.2 Å². The number of hydrogen-bond acceptors (Lipinski definition) is 3. The number of fused-ring (bicyclic) bond motifs is 1. The van der Waals surface area contributed by atoms with E-state index in [1.807, 2.05) is 18.8 Å². The quantitative estimate of drug-likeness (QED) is 0.764. The van der Waals surface area contributed by atoms with Crippen molar-refractivity contribution in [3.8, 4) is 0 Å². The predicted molar refractivity (Wildman–Crippen MR) is 64.6 cm³/mol. The van der Waals surface area contributed by atoms with Crippen molar-refractivity contribution in [2.24, 2.45) is 0 Å². The minimum absolute atomic E-state index is 0.688. The van der Waals surface area contributed by atoms with Crippen molar-refractivity contribution in [3.05, 3.63) is 18.2 Å². The Labute approximate surface area is 89.7 Å². The number of benzene rings is 1. The molecule has 0 spiro atoms. The number of hydrogen-bond donors (Lipinski definition) is 1. The Balaban J connectivity index is 2.39. The number of thioether (sulfide) groups is 1. The van der Waals surface area contributed by atoms with Crippen molar-refractivity contribution in [2.45, 2.75) is 17.1 Å². The third kappa shape index (κ3) is 1.69. The van der Waals surface area contributed by atoms with Crippen LogP contribution in [0.25, 0.3) is 0 Å². The fourth-order valence-corrected chi connectivity index (χ4v) is 3.02. The molecule has 1 heterocycles. The highest BCUT2D eigenvalue weighted by Crippen LogP contribution is 2.38. The monoisotopic (exact) mass is 208 g/mol. The molecule has 0 radical (unpaired) electrons. The van der Waals surface area contributed by atoms with Crippen molar-refractivity contribution >= 4 is 23.1 Å². The SMILES string of the molecule is CNc1ccc2c(c1)N(C)CC(C)S2. The van der Waals surface area contributed by atoms with Crippen molar-refractivity contribution in [1.29, 1.82) is 0 Å². The molecule has 0 saturated carbocycles. The first-order valence-electron chi connectivity index (χ1n) is 4.90. The number of nitrogens with zero attached hydrogens (tertiary/aromatic N) is 1. The molecule has 3 heteroatoms. The first kappa shape index (κ1) is 9.71. The Hall–Kier alpha value is -0.830. The molecular formula is C11H16N2S. The van der Waals surface area contributed by atoms with Crippen LogP contribution in [0.4, 0.5) is 11.4 Å². The molecule has 76 valence electrons. The lowest BCUT2D eigenvalue weighted by molar-refractivity contribution is 0.841. The van der Waals surface area contributed by atoms with Gasteiger partial charge in [0.2, 0.25) is 0 Å². The standard InChI is InChI=1S/C11H16N2S/c1-8-7-13(3)10-6-9(12-2)4-5-11(10)14-8/h4-6,8,12H,7H2,1-3H3. The first-order valence-corrected chi connectivity index (χ1v) is 5.78. The van der Waals surface area contributed by atoms with Crippen LogP contribution in [-0.2, 0) is 0 Å². The molecule has 0 aliphatic carbocycles. The average Bonchev–Trinajstić information content (AvgIpc) is 2.17. The van der Waals surface area contributed by atoms with E-state index < -0.39 is 0 Å². The van der Waals surface area contributed by atoms with Gasteiger partial charge in [-0.15, -0.1) is 11.8 Å². The van der Waals surface area contributed by atoms with E-state index in [1.54, 1.807) is 0 Å². The van der Waals surface area contributed by atoms with Gasteiger partial charge in [-0.25, -0.2) is 0 Å². The predicted octanol–water partition coefficient (Wildman–Crippen LogP) is 2.66. The molecule has 1 unspecified atom stereocenters. The van der Waals surface area contributed by atoms with Crippen LogP contribution in [0.15, 0.2) is 23.1 Å². The maximum Gasteiger partial charge on any atom is 0.0523 e. The molecule has 1 N–H and O–H groups in total. The second-order valence-corrected chi connectivity index (χ2v) is 5.22. The molecule has 0 aromatic heterocycles.